The highest BCUT2D eigenvalue weighted by Crippen LogP contribution is 2.22. The van der Waals surface area contributed by atoms with Crippen molar-refractivity contribution in [2.45, 2.75) is 45.6 Å². The third-order valence-electron chi connectivity index (χ3n) is 3.14. The molecule has 4 nitrogen and oxygen atoms in total. The molecule has 0 bridgehead atoms. The van der Waals surface area contributed by atoms with E-state index in [4.69, 9.17) is 12.2 Å². The number of carbonyl (C=O) groups excluding carboxylic acids is 1. The lowest BCUT2D eigenvalue weighted by atomic mass is 10.1. The minimum absolute atomic E-state index is 0.137. The average Bonchev–Trinajstić information content (AvgIpc) is 2.80. The molecule has 0 fully saturated rings. The summed E-state index contributed by atoms with van der Waals surface area (Å²) in [4.78, 5) is 12.1. The van der Waals surface area contributed by atoms with Crippen molar-refractivity contribution in [1.82, 2.24) is 16.2 Å². The zero-order valence-electron chi connectivity index (χ0n) is 12.2. The zero-order valence-corrected chi connectivity index (χ0v) is 13.0. The smallest absolute Gasteiger partial charge is 0.269 e. The number of rotatable bonds is 1. The van der Waals surface area contributed by atoms with Crippen molar-refractivity contribution < 1.29 is 4.79 Å². The topological polar surface area (TPSA) is 53.2 Å². The molecule has 1 aliphatic rings. The van der Waals surface area contributed by atoms with Gasteiger partial charge in [-0.05, 0) is 75.5 Å². The molecule has 1 amide bonds. The van der Waals surface area contributed by atoms with E-state index in [9.17, 15) is 4.79 Å². The maximum Gasteiger partial charge on any atom is 0.269 e. The molecule has 1 aliphatic carbocycles. The van der Waals surface area contributed by atoms with Crippen LogP contribution < -0.4 is 16.2 Å². The van der Waals surface area contributed by atoms with Gasteiger partial charge in [0.1, 0.15) is 0 Å². The number of hydrogen-bond donors (Lipinski definition) is 3. The Hall–Kier alpha value is -1.62. The van der Waals surface area contributed by atoms with Crippen LogP contribution in [-0.2, 0) is 12.8 Å². The van der Waals surface area contributed by atoms with Crippen molar-refractivity contribution >= 4 is 23.2 Å². The number of benzene rings is 1. The van der Waals surface area contributed by atoms with E-state index in [1.54, 1.807) is 0 Å². The van der Waals surface area contributed by atoms with Crippen LogP contribution in [0.25, 0.3) is 0 Å². The molecule has 5 heteroatoms. The summed E-state index contributed by atoms with van der Waals surface area (Å²) in [5, 5.41) is 3.48. The van der Waals surface area contributed by atoms with Crippen molar-refractivity contribution in [3.8, 4) is 0 Å². The summed E-state index contributed by atoms with van der Waals surface area (Å²) in [7, 11) is 0. The first-order valence-electron chi connectivity index (χ1n) is 6.85. The van der Waals surface area contributed by atoms with Crippen molar-refractivity contribution in [3.05, 3.63) is 34.9 Å². The molecule has 2 rings (SSSR count). The van der Waals surface area contributed by atoms with Gasteiger partial charge in [-0.15, -0.1) is 0 Å². The van der Waals surface area contributed by atoms with Gasteiger partial charge in [0.25, 0.3) is 5.91 Å². The molecule has 0 radical (unpaired) electrons. The Balaban J connectivity index is 1.91. The summed E-state index contributed by atoms with van der Waals surface area (Å²) in [5.41, 5.74) is 8.52. The highest BCUT2D eigenvalue weighted by Gasteiger charge is 2.15. The first-order chi connectivity index (χ1) is 9.35. The second-order valence-corrected chi connectivity index (χ2v) is 6.53. The minimum atomic E-state index is -0.169. The van der Waals surface area contributed by atoms with E-state index >= 15 is 0 Å². The lowest BCUT2D eigenvalue weighted by Gasteiger charge is -2.23. The molecule has 0 aromatic heterocycles. The summed E-state index contributed by atoms with van der Waals surface area (Å²) >= 11 is 5.11. The third-order valence-corrected chi connectivity index (χ3v) is 3.34. The summed E-state index contributed by atoms with van der Waals surface area (Å²) < 4.78 is 0. The van der Waals surface area contributed by atoms with Crippen molar-refractivity contribution in [3.63, 3.8) is 0 Å². The van der Waals surface area contributed by atoms with E-state index in [0.717, 1.165) is 12.8 Å². The van der Waals surface area contributed by atoms with Gasteiger partial charge in [-0.2, -0.15) is 0 Å². The van der Waals surface area contributed by atoms with E-state index in [2.05, 4.69) is 16.2 Å². The molecule has 0 aliphatic heterocycles. The molecule has 108 valence electrons. The Morgan fingerprint density at radius 1 is 1.15 bits per heavy atom. The van der Waals surface area contributed by atoms with Crippen LogP contribution in [0.2, 0.25) is 0 Å². The van der Waals surface area contributed by atoms with E-state index in [0.29, 0.717) is 10.7 Å². The average molecular weight is 291 g/mol. The molecular weight excluding hydrogens is 270 g/mol. The maximum absolute atomic E-state index is 12.1. The molecule has 0 saturated heterocycles. The fourth-order valence-corrected chi connectivity index (χ4v) is 2.63. The van der Waals surface area contributed by atoms with Crippen LogP contribution in [0.15, 0.2) is 18.2 Å². The standard InChI is InChI=1S/C15H21N3OS/c1-15(2,3)16-14(20)18-17-13(19)12-8-7-10-5-4-6-11(10)9-12/h7-9H,4-6H2,1-3H3,(H,17,19)(H2,16,18,20). The number of carbonyl (C=O) groups is 1. The lowest BCUT2D eigenvalue weighted by molar-refractivity contribution is 0.0943. The van der Waals surface area contributed by atoms with E-state index in [1.165, 1.54) is 17.5 Å². The normalized spacial score (nSPS) is 13.6. The fraction of sp³-hybridized carbons (Fsp3) is 0.467. The first kappa shape index (κ1) is 14.8. The first-order valence-corrected chi connectivity index (χ1v) is 7.26. The summed E-state index contributed by atoms with van der Waals surface area (Å²) in [6, 6.07) is 5.88. The van der Waals surface area contributed by atoms with Gasteiger partial charge in [0.15, 0.2) is 5.11 Å². The van der Waals surface area contributed by atoms with Gasteiger partial charge >= 0.3 is 0 Å². The van der Waals surface area contributed by atoms with Gasteiger partial charge in [-0.3, -0.25) is 15.6 Å². The Bertz CT molecular complexity index is 534. The Labute approximate surface area is 125 Å². The number of nitrogens with one attached hydrogen (secondary N) is 3. The minimum Gasteiger partial charge on any atom is -0.357 e. The number of aryl methyl sites for hydroxylation is 2. The fourth-order valence-electron chi connectivity index (χ4n) is 2.27. The molecule has 1 aromatic rings. The van der Waals surface area contributed by atoms with Crippen LogP contribution in [0.3, 0.4) is 0 Å². The van der Waals surface area contributed by atoms with E-state index in [-0.39, 0.29) is 11.4 Å². The van der Waals surface area contributed by atoms with E-state index in [1.807, 2.05) is 39.0 Å². The largest absolute Gasteiger partial charge is 0.357 e. The Morgan fingerprint density at radius 3 is 2.55 bits per heavy atom. The predicted octanol–water partition coefficient (Wildman–Crippen LogP) is 2.08. The molecule has 0 atom stereocenters. The second kappa shape index (κ2) is 5.79. The van der Waals surface area contributed by atoms with Crippen LogP contribution in [0.5, 0.6) is 0 Å². The number of hydrazine groups is 1. The van der Waals surface area contributed by atoms with Gasteiger partial charge in [0.2, 0.25) is 0 Å². The lowest BCUT2D eigenvalue weighted by Crippen LogP contribution is -2.52. The maximum atomic E-state index is 12.1. The predicted molar refractivity (Wildman–Crippen MR) is 84.6 cm³/mol. The van der Waals surface area contributed by atoms with Crippen LogP contribution >= 0.6 is 12.2 Å². The van der Waals surface area contributed by atoms with Crippen LogP contribution in [-0.4, -0.2) is 16.6 Å². The Kier molecular flexibility index (Phi) is 4.28. The molecular formula is C15H21N3OS. The van der Waals surface area contributed by atoms with Gasteiger partial charge in [-0.1, -0.05) is 6.07 Å². The summed E-state index contributed by atoms with van der Waals surface area (Å²) in [5.74, 6) is -0.169. The van der Waals surface area contributed by atoms with Gasteiger partial charge in [-0.25, -0.2) is 0 Å². The van der Waals surface area contributed by atoms with Gasteiger partial charge in [0, 0.05) is 11.1 Å². The molecule has 1 aromatic carbocycles. The number of thiocarbonyl (C=S) groups is 1. The SMILES string of the molecule is CC(C)(C)NC(=S)NNC(=O)c1ccc2c(c1)CCC2. The highest BCUT2D eigenvalue weighted by molar-refractivity contribution is 7.80. The quantitative estimate of drug-likeness (QED) is 0.548. The zero-order chi connectivity index (χ0) is 14.8. The van der Waals surface area contributed by atoms with Crippen LogP contribution in [0.1, 0.15) is 48.7 Å². The molecule has 0 unspecified atom stereocenters. The second-order valence-electron chi connectivity index (χ2n) is 6.12. The number of hydrogen-bond acceptors (Lipinski definition) is 2. The van der Waals surface area contributed by atoms with Gasteiger partial charge in [0.05, 0.1) is 0 Å². The molecule has 0 heterocycles. The summed E-state index contributed by atoms with van der Waals surface area (Å²) in [6.45, 7) is 6.01. The monoisotopic (exact) mass is 291 g/mol. The van der Waals surface area contributed by atoms with Gasteiger partial charge < -0.3 is 5.32 Å². The van der Waals surface area contributed by atoms with Crippen LogP contribution in [0, 0.1) is 0 Å². The number of amides is 1. The van der Waals surface area contributed by atoms with Crippen molar-refractivity contribution in [2.24, 2.45) is 0 Å². The molecule has 3 N–H and O–H groups in total. The summed E-state index contributed by atoms with van der Waals surface area (Å²) in [6.07, 6.45) is 3.36. The Morgan fingerprint density at radius 2 is 1.85 bits per heavy atom. The van der Waals surface area contributed by atoms with Crippen molar-refractivity contribution in [1.29, 1.82) is 0 Å². The number of fused-ring (bicyclic) bond motifs is 1. The van der Waals surface area contributed by atoms with Crippen LogP contribution in [0.4, 0.5) is 0 Å². The van der Waals surface area contributed by atoms with E-state index < -0.39 is 0 Å². The molecule has 0 spiro atoms. The molecule has 0 saturated carbocycles. The third kappa shape index (κ3) is 3.93. The molecule has 20 heavy (non-hydrogen) atoms. The van der Waals surface area contributed by atoms with Crippen molar-refractivity contribution in [2.75, 3.05) is 0 Å². The highest BCUT2D eigenvalue weighted by atomic mass is 32.1.